The number of hydrogen-bond donors (Lipinski definition) is 1. The number of furan rings is 1. The molecule has 19 heavy (non-hydrogen) atoms. The van der Waals surface area contributed by atoms with Crippen molar-refractivity contribution in [2.45, 2.75) is 44.9 Å². The van der Waals surface area contributed by atoms with Gasteiger partial charge in [-0.15, -0.1) is 0 Å². The average Bonchev–Trinajstić information content (AvgIpc) is 2.79. The number of aliphatic hydroxyl groups is 1. The van der Waals surface area contributed by atoms with Crippen LogP contribution in [0.25, 0.3) is 11.0 Å². The molecule has 0 saturated carbocycles. The fraction of sp³-hybridized carbons (Fsp3) is 0.467. The van der Waals surface area contributed by atoms with Crippen molar-refractivity contribution in [3.8, 4) is 0 Å². The minimum absolute atomic E-state index is 0.118. The Kier molecular flexibility index (Phi) is 2.17. The highest BCUT2D eigenvalue weighted by Crippen LogP contribution is 2.45. The van der Waals surface area contributed by atoms with Gasteiger partial charge in [-0.3, -0.25) is 0 Å². The van der Waals surface area contributed by atoms with Gasteiger partial charge in [-0.25, -0.2) is 0 Å². The quantitative estimate of drug-likeness (QED) is 0.791. The first kappa shape index (κ1) is 11.5. The summed E-state index contributed by atoms with van der Waals surface area (Å²) in [5.41, 5.74) is 4.19. The molecule has 0 radical (unpaired) electrons. The summed E-state index contributed by atoms with van der Waals surface area (Å²) in [5.74, 6) is -1.20. The van der Waals surface area contributed by atoms with E-state index in [1.165, 1.54) is 0 Å². The molecule has 1 aromatic carbocycles. The van der Waals surface area contributed by atoms with Gasteiger partial charge >= 0.3 is 0 Å². The fourth-order valence-electron chi connectivity index (χ4n) is 3.11. The first-order chi connectivity index (χ1) is 9.04. The maximum absolute atomic E-state index is 10.2. The second-order valence-corrected chi connectivity index (χ2v) is 5.66. The van der Waals surface area contributed by atoms with E-state index in [-0.39, 0.29) is 12.2 Å². The van der Waals surface area contributed by atoms with Gasteiger partial charge in [-0.1, -0.05) is 0 Å². The summed E-state index contributed by atoms with van der Waals surface area (Å²) in [6.07, 6.45) is 2.06. The lowest BCUT2D eigenvalue weighted by atomic mass is 9.98. The Morgan fingerprint density at radius 1 is 1.37 bits per heavy atom. The molecule has 1 saturated heterocycles. The number of aryl methyl sites for hydroxylation is 1. The Morgan fingerprint density at radius 3 is 3.05 bits per heavy atom. The first-order valence-corrected chi connectivity index (χ1v) is 6.57. The second kappa shape index (κ2) is 3.60. The SMILES string of the molecule is Cc1coc2cc3c(cc12)COC1CC3OC1(C)O. The maximum Gasteiger partial charge on any atom is 0.190 e. The fourth-order valence-corrected chi connectivity index (χ4v) is 3.11. The summed E-state index contributed by atoms with van der Waals surface area (Å²) in [6.45, 7) is 4.21. The normalized spacial score (nSPS) is 33.4. The smallest absolute Gasteiger partial charge is 0.190 e. The van der Waals surface area contributed by atoms with Crippen LogP contribution in [0.4, 0.5) is 0 Å². The van der Waals surface area contributed by atoms with Crippen LogP contribution in [0.15, 0.2) is 22.8 Å². The van der Waals surface area contributed by atoms with E-state index in [2.05, 4.69) is 6.07 Å². The zero-order chi connectivity index (χ0) is 13.2. The Bertz CT molecular complexity index is 655. The van der Waals surface area contributed by atoms with Crippen LogP contribution in [0.2, 0.25) is 0 Å². The van der Waals surface area contributed by atoms with Gasteiger partial charge in [0.05, 0.1) is 19.0 Å². The molecule has 3 unspecified atom stereocenters. The van der Waals surface area contributed by atoms with Crippen molar-refractivity contribution in [1.82, 2.24) is 0 Å². The second-order valence-electron chi connectivity index (χ2n) is 5.66. The summed E-state index contributed by atoms with van der Waals surface area (Å²) in [6, 6.07) is 4.14. The summed E-state index contributed by atoms with van der Waals surface area (Å²) in [5, 5.41) is 11.3. The molecule has 4 rings (SSSR count). The summed E-state index contributed by atoms with van der Waals surface area (Å²) in [7, 11) is 0. The average molecular weight is 260 g/mol. The van der Waals surface area contributed by atoms with Gasteiger partial charge in [-0.05, 0) is 42.7 Å². The minimum atomic E-state index is -1.20. The van der Waals surface area contributed by atoms with Crippen LogP contribution in [0, 0.1) is 6.92 Å². The largest absolute Gasteiger partial charge is 0.464 e. The van der Waals surface area contributed by atoms with Crippen LogP contribution in [0.5, 0.6) is 0 Å². The molecule has 4 nitrogen and oxygen atoms in total. The lowest BCUT2D eigenvalue weighted by molar-refractivity contribution is -0.230. The van der Waals surface area contributed by atoms with E-state index in [9.17, 15) is 5.11 Å². The first-order valence-electron chi connectivity index (χ1n) is 6.57. The van der Waals surface area contributed by atoms with Crippen LogP contribution >= 0.6 is 0 Å². The van der Waals surface area contributed by atoms with Crippen molar-refractivity contribution in [3.05, 3.63) is 35.1 Å². The van der Waals surface area contributed by atoms with Crippen molar-refractivity contribution < 1.29 is 19.0 Å². The van der Waals surface area contributed by atoms with Gasteiger partial charge in [0.25, 0.3) is 0 Å². The molecule has 0 aliphatic carbocycles. The topological polar surface area (TPSA) is 51.8 Å². The Hall–Kier alpha value is -1.36. The highest BCUT2D eigenvalue weighted by molar-refractivity contribution is 5.82. The molecule has 2 bridgehead atoms. The van der Waals surface area contributed by atoms with E-state index in [1.54, 1.807) is 13.2 Å². The van der Waals surface area contributed by atoms with Crippen molar-refractivity contribution in [1.29, 1.82) is 0 Å². The molecular weight excluding hydrogens is 244 g/mol. The predicted octanol–water partition coefficient (Wildman–Crippen LogP) is 2.81. The van der Waals surface area contributed by atoms with E-state index in [0.29, 0.717) is 13.0 Å². The molecule has 100 valence electrons. The molecule has 0 spiro atoms. The highest BCUT2D eigenvalue weighted by atomic mass is 16.7. The monoisotopic (exact) mass is 260 g/mol. The van der Waals surface area contributed by atoms with Crippen LogP contribution in [-0.2, 0) is 16.1 Å². The van der Waals surface area contributed by atoms with E-state index >= 15 is 0 Å². The van der Waals surface area contributed by atoms with Crippen LogP contribution in [0.3, 0.4) is 0 Å². The number of hydrogen-bond acceptors (Lipinski definition) is 4. The minimum Gasteiger partial charge on any atom is -0.464 e. The molecule has 3 atom stereocenters. The zero-order valence-corrected chi connectivity index (χ0v) is 11.0. The van der Waals surface area contributed by atoms with Gasteiger partial charge in [0, 0.05) is 11.8 Å². The number of benzene rings is 1. The molecule has 2 aromatic rings. The molecular formula is C15H16O4. The summed E-state index contributed by atoms with van der Waals surface area (Å²) in [4.78, 5) is 0. The van der Waals surface area contributed by atoms with Crippen molar-refractivity contribution >= 4 is 11.0 Å². The van der Waals surface area contributed by atoms with Gasteiger partial charge in [0.2, 0.25) is 0 Å². The Balaban J connectivity index is 1.89. The number of fused-ring (bicyclic) bond motifs is 5. The number of ether oxygens (including phenoxy) is 2. The Morgan fingerprint density at radius 2 is 2.21 bits per heavy atom. The van der Waals surface area contributed by atoms with E-state index in [4.69, 9.17) is 13.9 Å². The number of rotatable bonds is 0. The third kappa shape index (κ3) is 1.57. The molecule has 1 fully saturated rings. The maximum atomic E-state index is 10.2. The zero-order valence-electron chi connectivity index (χ0n) is 11.0. The molecule has 4 heteroatoms. The van der Waals surface area contributed by atoms with Gasteiger partial charge in [0.1, 0.15) is 11.7 Å². The molecule has 1 aromatic heterocycles. The van der Waals surface area contributed by atoms with Gasteiger partial charge < -0.3 is 19.0 Å². The Labute approximate surface area is 110 Å². The van der Waals surface area contributed by atoms with Crippen molar-refractivity contribution in [2.75, 3.05) is 0 Å². The molecule has 2 aliphatic heterocycles. The van der Waals surface area contributed by atoms with Gasteiger partial charge in [0.15, 0.2) is 5.79 Å². The highest BCUT2D eigenvalue weighted by Gasteiger charge is 2.47. The van der Waals surface area contributed by atoms with Gasteiger partial charge in [-0.2, -0.15) is 0 Å². The standard InChI is InChI=1S/C15H16O4/c1-8-6-17-12-4-11-9(3-10(8)12)7-18-14-5-13(11)19-15(14,2)16/h3-4,6,13-14,16H,5,7H2,1-2H3. The molecule has 2 aliphatic rings. The van der Waals surface area contributed by atoms with Crippen LogP contribution in [0.1, 0.15) is 36.1 Å². The third-order valence-electron chi connectivity index (χ3n) is 4.22. The van der Waals surface area contributed by atoms with Crippen LogP contribution in [-0.4, -0.2) is 17.0 Å². The van der Waals surface area contributed by atoms with E-state index < -0.39 is 5.79 Å². The molecule has 3 heterocycles. The lowest BCUT2D eigenvalue weighted by Gasteiger charge is -2.27. The molecule has 0 amide bonds. The molecule has 1 N–H and O–H groups in total. The summed E-state index contributed by atoms with van der Waals surface area (Å²) >= 11 is 0. The van der Waals surface area contributed by atoms with Crippen LogP contribution < -0.4 is 0 Å². The van der Waals surface area contributed by atoms with Crippen molar-refractivity contribution in [3.63, 3.8) is 0 Å². The predicted molar refractivity (Wildman–Crippen MR) is 68.6 cm³/mol. The summed E-state index contributed by atoms with van der Waals surface area (Å²) < 4.78 is 17.1. The van der Waals surface area contributed by atoms with E-state index in [0.717, 1.165) is 27.7 Å². The van der Waals surface area contributed by atoms with E-state index in [1.807, 2.05) is 13.0 Å². The third-order valence-corrected chi connectivity index (χ3v) is 4.22. The lowest BCUT2D eigenvalue weighted by Crippen LogP contribution is -2.37. The van der Waals surface area contributed by atoms with Crippen molar-refractivity contribution in [2.24, 2.45) is 0 Å².